The Morgan fingerprint density at radius 2 is 1.76 bits per heavy atom. The third-order valence-corrected chi connectivity index (χ3v) is 4.56. The summed E-state index contributed by atoms with van der Waals surface area (Å²) in [5.41, 5.74) is 6.11. The standard InChI is InChI=1S/C21H24N2O2/c1-15-18(19-4-2-3-5-20(19)23-15)12-13-22-14-17-8-6-16(7-9-17)10-11-21(24)25/h2-9,22-23H,10-14H2,1H3,(H,24,25). The Kier molecular flexibility index (Phi) is 5.51. The fraction of sp³-hybridized carbons (Fsp3) is 0.286. The number of carbonyl (C=O) groups is 1. The van der Waals surface area contributed by atoms with E-state index in [0.29, 0.717) is 6.42 Å². The van der Waals surface area contributed by atoms with Crippen LogP contribution in [0.25, 0.3) is 10.9 Å². The highest BCUT2D eigenvalue weighted by Gasteiger charge is 2.07. The molecule has 0 amide bonds. The number of hydrogen-bond donors (Lipinski definition) is 3. The predicted octanol–water partition coefficient (Wildman–Crippen LogP) is 3.83. The number of para-hydroxylation sites is 1. The van der Waals surface area contributed by atoms with Gasteiger partial charge >= 0.3 is 5.97 Å². The highest BCUT2D eigenvalue weighted by molar-refractivity contribution is 5.84. The molecule has 4 nitrogen and oxygen atoms in total. The molecule has 0 fully saturated rings. The molecule has 3 N–H and O–H groups in total. The molecule has 0 bridgehead atoms. The molecule has 0 aliphatic rings. The van der Waals surface area contributed by atoms with Crippen LogP contribution in [0, 0.1) is 6.92 Å². The van der Waals surface area contributed by atoms with Crippen LogP contribution in [0.3, 0.4) is 0 Å². The van der Waals surface area contributed by atoms with Crippen molar-refractivity contribution in [1.82, 2.24) is 10.3 Å². The molecule has 3 aromatic rings. The number of H-pyrrole nitrogens is 1. The second-order valence-electron chi connectivity index (χ2n) is 6.41. The van der Waals surface area contributed by atoms with Gasteiger partial charge in [-0.2, -0.15) is 0 Å². The molecule has 3 rings (SSSR count). The molecule has 25 heavy (non-hydrogen) atoms. The third kappa shape index (κ3) is 4.48. The Morgan fingerprint density at radius 3 is 2.52 bits per heavy atom. The summed E-state index contributed by atoms with van der Waals surface area (Å²) >= 11 is 0. The molecule has 0 atom stereocenters. The number of nitrogens with one attached hydrogen (secondary N) is 2. The smallest absolute Gasteiger partial charge is 0.303 e. The minimum atomic E-state index is -0.752. The molecule has 0 saturated carbocycles. The number of carboxylic acid groups (broad SMARTS) is 1. The number of rotatable bonds is 8. The van der Waals surface area contributed by atoms with E-state index in [4.69, 9.17) is 5.11 Å². The van der Waals surface area contributed by atoms with Crippen molar-refractivity contribution in [2.75, 3.05) is 6.54 Å². The van der Waals surface area contributed by atoms with Crippen LogP contribution in [0.1, 0.15) is 28.8 Å². The highest BCUT2D eigenvalue weighted by atomic mass is 16.4. The van der Waals surface area contributed by atoms with E-state index in [2.05, 4.69) is 53.6 Å². The summed E-state index contributed by atoms with van der Waals surface area (Å²) in [4.78, 5) is 14.0. The maximum Gasteiger partial charge on any atom is 0.303 e. The molecule has 0 aliphatic heterocycles. The first-order valence-electron chi connectivity index (χ1n) is 8.70. The van der Waals surface area contributed by atoms with Crippen molar-refractivity contribution in [3.8, 4) is 0 Å². The summed E-state index contributed by atoms with van der Waals surface area (Å²) in [5, 5.41) is 13.5. The van der Waals surface area contributed by atoms with Crippen LogP contribution in [0.2, 0.25) is 0 Å². The first kappa shape index (κ1) is 17.2. The van der Waals surface area contributed by atoms with Crippen molar-refractivity contribution in [1.29, 1.82) is 0 Å². The number of hydrogen-bond acceptors (Lipinski definition) is 2. The predicted molar refractivity (Wildman–Crippen MR) is 101 cm³/mol. The number of aromatic amines is 1. The fourth-order valence-corrected chi connectivity index (χ4v) is 3.18. The Balaban J connectivity index is 1.49. The zero-order valence-corrected chi connectivity index (χ0v) is 14.5. The molecular formula is C21H24N2O2. The van der Waals surface area contributed by atoms with E-state index >= 15 is 0 Å². The fourth-order valence-electron chi connectivity index (χ4n) is 3.18. The van der Waals surface area contributed by atoms with Crippen molar-refractivity contribution >= 4 is 16.9 Å². The summed E-state index contributed by atoms with van der Waals surface area (Å²) in [6.07, 6.45) is 1.76. The minimum absolute atomic E-state index is 0.182. The maximum absolute atomic E-state index is 10.6. The topological polar surface area (TPSA) is 65.1 Å². The van der Waals surface area contributed by atoms with Crippen LogP contribution in [0.4, 0.5) is 0 Å². The summed E-state index contributed by atoms with van der Waals surface area (Å²) in [6.45, 7) is 3.87. The number of benzene rings is 2. The lowest BCUT2D eigenvalue weighted by atomic mass is 10.1. The van der Waals surface area contributed by atoms with Crippen LogP contribution >= 0.6 is 0 Å². The number of fused-ring (bicyclic) bond motifs is 1. The van der Waals surface area contributed by atoms with Crippen LogP contribution in [-0.2, 0) is 24.2 Å². The van der Waals surface area contributed by atoms with Crippen molar-refractivity contribution in [3.05, 3.63) is 70.9 Å². The zero-order chi connectivity index (χ0) is 17.6. The van der Waals surface area contributed by atoms with Crippen LogP contribution in [0.5, 0.6) is 0 Å². The lowest BCUT2D eigenvalue weighted by Crippen LogP contribution is -2.16. The quantitative estimate of drug-likeness (QED) is 0.548. The molecule has 4 heteroatoms. The number of carboxylic acids is 1. The average Bonchev–Trinajstić information content (AvgIpc) is 2.93. The van der Waals surface area contributed by atoms with E-state index in [9.17, 15) is 4.79 Å². The van der Waals surface area contributed by atoms with E-state index in [-0.39, 0.29) is 6.42 Å². The molecule has 0 radical (unpaired) electrons. The van der Waals surface area contributed by atoms with Gasteiger partial charge in [0, 0.05) is 29.6 Å². The van der Waals surface area contributed by atoms with Crippen molar-refractivity contribution < 1.29 is 9.90 Å². The number of aryl methyl sites for hydroxylation is 2. The maximum atomic E-state index is 10.6. The number of aromatic nitrogens is 1. The molecule has 0 aliphatic carbocycles. The second-order valence-corrected chi connectivity index (χ2v) is 6.41. The summed E-state index contributed by atoms with van der Waals surface area (Å²) in [7, 11) is 0. The van der Waals surface area contributed by atoms with E-state index in [1.54, 1.807) is 0 Å². The normalized spacial score (nSPS) is 11.1. The summed E-state index contributed by atoms with van der Waals surface area (Å²) < 4.78 is 0. The SMILES string of the molecule is Cc1[nH]c2ccccc2c1CCNCc1ccc(CCC(=O)O)cc1. The largest absolute Gasteiger partial charge is 0.481 e. The first-order valence-corrected chi connectivity index (χ1v) is 8.70. The van der Waals surface area contributed by atoms with Crippen molar-refractivity contribution in [2.45, 2.75) is 32.7 Å². The zero-order valence-electron chi connectivity index (χ0n) is 14.5. The Labute approximate surface area is 147 Å². The lowest BCUT2D eigenvalue weighted by molar-refractivity contribution is -0.136. The molecular weight excluding hydrogens is 312 g/mol. The van der Waals surface area contributed by atoms with E-state index in [1.165, 1.54) is 27.7 Å². The first-order chi connectivity index (χ1) is 12.1. The molecule has 2 aromatic carbocycles. The van der Waals surface area contributed by atoms with Gasteiger partial charge in [0.15, 0.2) is 0 Å². The lowest BCUT2D eigenvalue weighted by Gasteiger charge is -2.07. The Hall–Kier alpha value is -2.59. The van der Waals surface area contributed by atoms with Gasteiger partial charge in [-0.05, 0) is 49.1 Å². The molecule has 1 heterocycles. The second kappa shape index (κ2) is 7.99. The van der Waals surface area contributed by atoms with Crippen LogP contribution in [-0.4, -0.2) is 22.6 Å². The van der Waals surface area contributed by atoms with Crippen LogP contribution < -0.4 is 5.32 Å². The van der Waals surface area contributed by atoms with Gasteiger partial charge in [0.1, 0.15) is 0 Å². The van der Waals surface area contributed by atoms with Crippen molar-refractivity contribution in [3.63, 3.8) is 0 Å². The molecule has 1 aromatic heterocycles. The summed E-state index contributed by atoms with van der Waals surface area (Å²) in [6, 6.07) is 16.6. The Bertz CT molecular complexity index is 850. The van der Waals surface area contributed by atoms with Gasteiger partial charge < -0.3 is 15.4 Å². The van der Waals surface area contributed by atoms with E-state index in [1.807, 2.05) is 12.1 Å². The van der Waals surface area contributed by atoms with Gasteiger partial charge in [-0.3, -0.25) is 4.79 Å². The van der Waals surface area contributed by atoms with Crippen LogP contribution in [0.15, 0.2) is 48.5 Å². The molecule has 0 unspecified atom stereocenters. The summed E-state index contributed by atoms with van der Waals surface area (Å²) in [5.74, 6) is -0.752. The molecule has 0 spiro atoms. The van der Waals surface area contributed by atoms with Gasteiger partial charge in [-0.1, -0.05) is 42.5 Å². The molecule has 130 valence electrons. The Morgan fingerprint density at radius 1 is 1.04 bits per heavy atom. The van der Waals surface area contributed by atoms with E-state index < -0.39 is 5.97 Å². The highest BCUT2D eigenvalue weighted by Crippen LogP contribution is 2.21. The minimum Gasteiger partial charge on any atom is -0.481 e. The van der Waals surface area contributed by atoms with Gasteiger partial charge in [0.05, 0.1) is 0 Å². The van der Waals surface area contributed by atoms with Gasteiger partial charge in [-0.25, -0.2) is 0 Å². The number of aliphatic carboxylic acids is 1. The monoisotopic (exact) mass is 336 g/mol. The van der Waals surface area contributed by atoms with Crippen molar-refractivity contribution in [2.24, 2.45) is 0 Å². The molecule has 0 saturated heterocycles. The van der Waals surface area contributed by atoms with E-state index in [0.717, 1.165) is 25.1 Å². The van der Waals surface area contributed by atoms with Gasteiger partial charge in [0.25, 0.3) is 0 Å². The third-order valence-electron chi connectivity index (χ3n) is 4.56. The van der Waals surface area contributed by atoms with Gasteiger partial charge in [-0.15, -0.1) is 0 Å². The average molecular weight is 336 g/mol. The van der Waals surface area contributed by atoms with Gasteiger partial charge in [0.2, 0.25) is 0 Å².